The number of aryl methyl sites for hydroxylation is 3. The summed E-state index contributed by atoms with van der Waals surface area (Å²) in [5, 5.41) is 1.84. The van der Waals surface area contributed by atoms with Crippen LogP contribution < -0.4 is 4.74 Å². The quantitative estimate of drug-likeness (QED) is 0.308. The van der Waals surface area contributed by atoms with E-state index in [4.69, 9.17) is 26.3 Å². The molecular formula is C23H19ClN2OS2. The lowest BCUT2D eigenvalue weighted by molar-refractivity contribution is 0.466. The van der Waals surface area contributed by atoms with Crippen molar-refractivity contribution in [1.29, 1.82) is 0 Å². The molecule has 0 radical (unpaired) electrons. The summed E-state index contributed by atoms with van der Waals surface area (Å²) in [7, 11) is 0. The SMILES string of the molecule is Cc1ccc(Oc2nc(CSc3ccc(Cl)cc3)nc3sc4c(c23)CCC4)cc1. The van der Waals surface area contributed by atoms with Gasteiger partial charge >= 0.3 is 0 Å². The third-order valence-electron chi connectivity index (χ3n) is 4.99. The number of fused-ring (bicyclic) bond motifs is 3. The van der Waals surface area contributed by atoms with E-state index >= 15 is 0 Å². The van der Waals surface area contributed by atoms with Crippen LogP contribution in [0.3, 0.4) is 0 Å². The van der Waals surface area contributed by atoms with Crippen molar-refractivity contribution < 1.29 is 4.74 Å². The van der Waals surface area contributed by atoms with Crippen LogP contribution in [-0.4, -0.2) is 9.97 Å². The lowest BCUT2D eigenvalue weighted by Crippen LogP contribution is -1.98. The third-order valence-corrected chi connectivity index (χ3v) is 7.44. The molecule has 0 saturated carbocycles. The smallest absolute Gasteiger partial charge is 0.231 e. The van der Waals surface area contributed by atoms with Crippen LogP contribution in [0.15, 0.2) is 53.4 Å². The first-order valence-electron chi connectivity index (χ1n) is 9.60. The van der Waals surface area contributed by atoms with Crippen molar-refractivity contribution in [1.82, 2.24) is 9.97 Å². The molecule has 0 saturated heterocycles. The molecule has 146 valence electrons. The molecule has 0 aliphatic heterocycles. The standard InChI is InChI=1S/C23H19ClN2OS2/c1-14-5-9-16(10-6-14)27-22-21-18-3-2-4-19(18)29-23(21)26-20(25-22)13-28-17-11-7-15(24)8-12-17/h5-12H,2-4,13H2,1H3. The molecule has 0 spiro atoms. The Balaban J connectivity index is 1.50. The number of benzene rings is 2. The zero-order chi connectivity index (χ0) is 19.8. The van der Waals surface area contributed by atoms with Crippen LogP contribution in [-0.2, 0) is 18.6 Å². The molecule has 3 nitrogen and oxygen atoms in total. The molecule has 0 atom stereocenters. The first kappa shape index (κ1) is 18.9. The molecule has 0 bridgehead atoms. The minimum atomic E-state index is 0.685. The van der Waals surface area contributed by atoms with Gasteiger partial charge in [-0.1, -0.05) is 29.3 Å². The van der Waals surface area contributed by atoms with E-state index in [1.807, 2.05) is 36.4 Å². The highest BCUT2D eigenvalue weighted by atomic mass is 35.5. The number of halogens is 1. The van der Waals surface area contributed by atoms with Crippen LogP contribution in [0, 0.1) is 6.92 Å². The number of thiophene rings is 1. The van der Waals surface area contributed by atoms with Gasteiger partial charge in [0.2, 0.25) is 5.88 Å². The van der Waals surface area contributed by atoms with Crippen LogP contribution >= 0.6 is 34.7 Å². The maximum atomic E-state index is 6.27. The normalized spacial score (nSPS) is 13.0. The zero-order valence-corrected chi connectivity index (χ0v) is 18.3. The average Bonchev–Trinajstić information content (AvgIpc) is 3.30. The van der Waals surface area contributed by atoms with E-state index in [2.05, 4.69) is 19.1 Å². The van der Waals surface area contributed by atoms with Crippen molar-refractivity contribution in [2.75, 3.05) is 0 Å². The van der Waals surface area contributed by atoms with E-state index in [0.717, 1.165) is 44.6 Å². The van der Waals surface area contributed by atoms with Gasteiger partial charge in [-0.3, -0.25) is 0 Å². The monoisotopic (exact) mass is 438 g/mol. The Morgan fingerprint density at radius 2 is 1.83 bits per heavy atom. The molecule has 0 N–H and O–H groups in total. The van der Waals surface area contributed by atoms with Crippen molar-refractivity contribution in [3.05, 3.63) is 75.4 Å². The van der Waals surface area contributed by atoms with Gasteiger partial charge < -0.3 is 4.74 Å². The van der Waals surface area contributed by atoms with Gasteiger partial charge in [0.05, 0.1) is 11.1 Å². The number of rotatable bonds is 5. The van der Waals surface area contributed by atoms with E-state index in [9.17, 15) is 0 Å². The Bertz CT molecular complexity index is 1170. The molecule has 1 aliphatic carbocycles. The Morgan fingerprint density at radius 3 is 2.62 bits per heavy atom. The molecule has 5 rings (SSSR count). The molecule has 1 aliphatic rings. The number of nitrogens with zero attached hydrogens (tertiary/aromatic N) is 2. The van der Waals surface area contributed by atoms with Gasteiger partial charge in [0.15, 0.2) is 0 Å². The summed E-state index contributed by atoms with van der Waals surface area (Å²) in [6, 6.07) is 16.0. The predicted molar refractivity (Wildman–Crippen MR) is 122 cm³/mol. The Labute approximate surface area is 183 Å². The minimum absolute atomic E-state index is 0.685. The predicted octanol–water partition coefficient (Wildman–Crippen LogP) is 7.23. The fourth-order valence-corrected chi connectivity index (χ4v) is 5.69. The Kier molecular flexibility index (Phi) is 5.20. The van der Waals surface area contributed by atoms with Crippen molar-refractivity contribution in [3.8, 4) is 11.6 Å². The van der Waals surface area contributed by atoms with Crippen molar-refractivity contribution in [3.63, 3.8) is 0 Å². The molecule has 2 aromatic heterocycles. The van der Waals surface area contributed by atoms with Gasteiger partial charge in [-0.25, -0.2) is 4.98 Å². The highest BCUT2D eigenvalue weighted by Gasteiger charge is 2.23. The fourth-order valence-electron chi connectivity index (χ4n) is 3.54. The van der Waals surface area contributed by atoms with Crippen molar-refractivity contribution in [2.45, 2.75) is 36.8 Å². The summed E-state index contributed by atoms with van der Waals surface area (Å²) in [5.41, 5.74) is 2.59. The highest BCUT2D eigenvalue weighted by molar-refractivity contribution is 7.98. The van der Waals surface area contributed by atoms with E-state index < -0.39 is 0 Å². The Morgan fingerprint density at radius 1 is 1.03 bits per heavy atom. The summed E-state index contributed by atoms with van der Waals surface area (Å²) in [6.45, 7) is 2.07. The van der Waals surface area contributed by atoms with Crippen LogP contribution in [0.4, 0.5) is 0 Å². The molecule has 6 heteroatoms. The second kappa shape index (κ2) is 7.98. The average molecular weight is 439 g/mol. The lowest BCUT2D eigenvalue weighted by atomic mass is 10.2. The fraction of sp³-hybridized carbons (Fsp3) is 0.217. The van der Waals surface area contributed by atoms with Gasteiger partial charge in [-0.15, -0.1) is 23.1 Å². The first-order chi connectivity index (χ1) is 14.2. The van der Waals surface area contributed by atoms with Gasteiger partial charge in [-0.05, 0) is 68.1 Å². The number of hydrogen-bond donors (Lipinski definition) is 0. The van der Waals surface area contributed by atoms with Gasteiger partial charge in [0.25, 0.3) is 0 Å². The summed E-state index contributed by atoms with van der Waals surface area (Å²) < 4.78 is 6.27. The van der Waals surface area contributed by atoms with E-state index in [1.54, 1.807) is 23.1 Å². The largest absolute Gasteiger partial charge is 0.438 e. The van der Waals surface area contributed by atoms with Crippen LogP contribution in [0.2, 0.25) is 5.02 Å². The molecule has 4 aromatic rings. The van der Waals surface area contributed by atoms with Gasteiger partial charge in [-0.2, -0.15) is 4.98 Å². The van der Waals surface area contributed by atoms with Crippen LogP contribution in [0.25, 0.3) is 10.2 Å². The van der Waals surface area contributed by atoms with Gasteiger partial charge in [0.1, 0.15) is 16.4 Å². The minimum Gasteiger partial charge on any atom is -0.438 e. The van der Waals surface area contributed by atoms with Crippen molar-refractivity contribution >= 4 is 44.9 Å². The summed E-state index contributed by atoms with van der Waals surface area (Å²) >= 11 is 9.49. The molecule has 0 amide bonds. The topological polar surface area (TPSA) is 35.0 Å². The first-order valence-corrected chi connectivity index (χ1v) is 11.8. The van der Waals surface area contributed by atoms with E-state index in [-0.39, 0.29) is 0 Å². The maximum Gasteiger partial charge on any atom is 0.231 e. The molecule has 0 unspecified atom stereocenters. The highest BCUT2D eigenvalue weighted by Crippen LogP contribution is 2.42. The maximum absolute atomic E-state index is 6.27. The third kappa shape index (κ3) is 4.00. The summed E-state index contributed by atoms with van der Waals surface area (Å²) in [5.74, 6) is 2.97. The summed E-state index contributed by atoms with van der Waals surface area (Å²) in [6.07, 6.45) is 3.42. The second-order valence-corrected chi connectivity index (χ2v) is 9.71. The molecule has 0 fully saturated rings. The van der Waals surface area contributed by atoms with Crippen LogP contribution in [0.5, 0.6) is 11.6 Å². The number of ether oxygens (including phenoxy) is 1. The number of aromatic nitrogens is 2. The molecular weight excluding hydrogens is 420 g/mol. The van der Waals surface area contributed by atoms with E-state index in [0.29, 0.717) is 11.6 Å². The molecule has 2 heterocycles. The van der Waals surface area contributed by atoms with Crippen LogP contribution in [0.1, 0.15) is 28.2 Å². The Hall–Kier alpha value is -2.08. The molecule has 2 aromatic carbocycles. The van der Waals surface area contributed by atoms with Gasteiger partial charge in [0, 0.05) is 14.8 Å². The van der Waals surface area contributed by atoms with E-state index in [1.165, 1.54) is 22.4 Å². The zero-order valence-electron chi connectivity index (χ0n) is 15.9. The lowest BCUT2D eigenvalue weighted by Gasteiger charge is -2.10. The second-order valence-electron chi connectivity index (χ2n) is 7.14. The number of hydrogen-bond acceptors (Lipinski definition) is 5. The van der Waals surface area contributed by atoms with Crippen molar-refractivity contribution in [2.24, 2.45) is 0 Å². The summed E-state index contributed by atoms with van der Waals surface area (Å²) in [4.78, 5) is 13.3. The molecule has 29 heavy (non-hydrogen) atoms. The number of thioether (sulfide) groups is 1.